The van der Waals surface area contributed by atoms with Gasteiger partial charge in [0.25, 0.3) is 5.91 Å². The molecule has 0 radical (unpaired) electrons. The van der Waals surface area contributed by atoms with Gasteiger partial charge in [-0.3, -0.25) is 9.59 Å². The molecule has 90 valence electrons. The summed E-state index contributed by atoms with van der Waals surface area (Å²) in [6.45, 7) is 3.81. The van der Waals surface area contributed by atoms with E-state index in [4.69, 9.17) is 4.74 Å². The molecule has 1 heterocycles. The van der Waals surface area contributed by atoms with Gasteiger partial charge in [0.05, 0.1) is 12.6 Å². The van der Waals surface area contributed by atoms with Gasteiger partial charge in [0.15, 0.2) is 11.9 Å². The minimum absolute atomic E-state index is 0.0223. The van der Waals surface area contributed by atoms with Crippen molar-refractivity contribution >= 4 is 11.7 Å². The zero-order valence-corrected chi connectivity index (χ0v) is 9.90. The Morgan fingerprint density at radius 2 is 1.88 bits per heavy atom. The van der Waals surface area contributed by atoms with E-state index in [1.807, 2.05) is 26.0 Å². The van der Waals surface area contributed by atoms with Crippen molar-refractivity contribution in [3.05, 3.63) is 35.4 Å². The van der Waals surface area contributed by atoms with E-state index >= 15 is 0 Å². The normalized spacial score (nSPS) is 22.0. The predicted molar refractivity (Wildman–Crippen MR) is 62.9 cm³/mol. The Labute approximate surface area is 100.0 Å². The lowest BCUT2D eigenvalue weighted by Crippen LogP contribution is -2.33. The first-order valence-electron chi connectivity index (χ1n) is 5.61. The molecule has 0 aromatic heterocycles. The summed E-state index contributed by atoms with van der Waals surface area (Å²) < 4.78 is 5.01. The summed E-state index contributed by atoms with van der Waals surface area (Å²) in [7, 11) is 0. The number of hydrogen-bond acceptors (Lipinski definition) is 3. The molecule has 0 spiro atoms. The number of amides is 1. The lowest BCUT2D eigenvalue weighted by Gasteiger charge is -2.03. The molecule has 1 aromatic rings. The average Bonchev–Trinajstić information content (AvgIpc) is 3.04. The van der Waals surface area contributed by atoms with Crippen LogP contribution in [0, 0.1) is 6.92 Å². The number of ketones is 1. The van der Waals surface area contributed by atoms with Gasteiger partial charge in [0.1, 0.15) is 0 Å². The first kappa shape index (κ1) is 11.8. The van der Waals surface area contributed by atoms with Crippen molar-refractivity contribution < 1.29 is 14.3 Å². The van der Waals surface area contributed by atoms with Crippen LogP contribution in [0.4, 0.5) is 0 Å². The lowest BCUT2D eigenvalue weighted by molar-refractivity contribution is -0.122. The largest absolute Gasteiger partial charge is 0.359 e. The van der Waals surface area contributed by atoms with E-state index in [1.165, 1.54) is 0 Å². The Morgan fingerprint density at radius 1 is 1.29 bits per heavy atom. The molecule has 4 heteroatoms. The van der Waals surface area contributed by atoms with Crippen LogP contribution in [0.1, 0.15) is 22.8 Å². The Morgan fingerprint density at radius 3 is 2.41 bits per heavy atom. The summed E-state index contributed by atoms with van der Waals surface area (Å²) in [5.41, 5.74) is 1.71. The molecule has 4 nitrogen and oxygen atoms in total. The van der Waals surface area contributed by atoms with Crippen LogP contribution in [-0.4, -0.2) is 30.4 Å². The standard InChI is InChI=1S/C13H15NO3/c1-8-3-5-10(6-4-8)11(15)7-14-13(16)12-9(2)17-12/h3-6,9,12H,7H2,1-2H3,(H,14,16)/t9-,12?/m1/s1. The van der Waals surface area contributed by atoms with Crippen LogP contribution in [0.15, 0.2) is 24.3 Å². The van der Waals surface area contributed by atoms with E-state index < -0.39 is 0 Å². The van der Waals surface area contributed by atoms with Crippen molar-refractivity contribution in [2.45, 2.75) is 26.1 Å². The van der Waals surface area contributed by atoms with Gasteiger partial charge in [-0.2, -0.15) is 0 Å². The van der Waals surface area contributed by atoms with Crippen molar-refractivity contribution in [3.8, 4) is 0 Å². The SMILES string of the molecule is Cc1ccc(C(=O)CNC(=O)C2O[C@@H]2C)cc1. The van der Waals surface area contributed by atoms with Crippen LogP contribution >= 0.6 is 0 Å². The van der Waals surface area contributed by atoms with Crippen molar-refractivity contribution in [1.29, 1.82) is 0 Å². The van der Waals surface area contributed by atoms with Gasteiger partial charge in [0.2, 0.25) is 0 Å². The van der Waals surface area contributed by atoms with Crippen LogP contribution in [0.5, 0.6) is 0 Å². The number of carbonyl (C=O) groups is 2. The summed E-state index contributed by atoms with van der Waals surface area (Å²) in [6, 6.07) is 7.28. The number of epoxide rings is 1. The van der Waals surface area contributed by atoms with E-state index in [0.717, 1.165) is 5.56 Å². The van der Waals surface area contributed by atoms with Gasteiger partial charge in [-0.15, -0.1) is 0 Å². The molecule has 2 atom stereocenters. The summed E-state index contributed by atoms with van der Waals surface area (Å²) in [4.78, 5) is 23.1. The maximum atomic E-state index is 11.7. The monoisotopic (exact) mass is 233 g/mol. The molecule has 1 amide bonds. The van der Waals surface area contributed by atoms with Gasteiger partial charge < -0.3 is 10.1 Å². The molecular weight excluding hydrogens is 218 g/mol. The van der Waals surface area contributed by atoms with Crippen LogP contribution in [-0.2, 0) is 9.53 Å². The summed E-state index contributed by atoms with van der Waals surface area (Å²) in [5, 5.41) is 2.57. The number of nitrogens with one attached hydrogen (secondary N) is 1. The van der Waals surface area contributed by atoms with Gasteiger partial charge in [0, 0.05) is 5.56 Å². The van der Waals surface area contributed by atoms with Crippen molar-refractivity contribution in [3.63, 3.8) is 0 Å². The van der Waals surface area contributed by atoms with E-state index in [2.05, 4.69) is 5.32 Å². The molecule has 0 saturated carbocycles. The zero-order valence-electron chi connectivity index (χ0n) is 9.90. The molecule has 17 heavy (non-hydrogen) atoms. The molecule has 1 saturated heterocycles. The highest BCUT2D eigenvalue weighted by atomic mass is 16.6. The molecule has 1 fully saturated rings. The molecule has 1 unspecified atom stereocenters. The third-order valence-electron chi connectivity index (χ3n) is 2.77. The maximum Gasteiger partial charge on any atom is 0.252 e. The fourth-order valence-electron chi connectivity index (χ4n) is 1.57. The highest BCUT2D eigenvalue weighted by Gasteiger charge is 2.40. The van der Waals surface area contributed by atoms with E-state index in [0.29, 0.717) is 5.56 Å². The second kappa shape index (κ2) is 4.67. The van der Waals surface area contributed by atoms with Gasteiger partial charge in [-0.25, -0.2) is 0 Å². The third kappa shape index (κ3) is 2.91. The van der Waals surface area contributed by atoms with Crippen molar-refractivity contribution in [1.82, 2.24) is 5.32 Å². The number of hydrogen-bond donors (Lipinski definition) is 1. The van der Waals surface area contributed by atoms with Crippen LogP contribution in [0.25, 0.3) is 0 Å². The van der Waals surface area contributed by atoms with Crippen molar-refractivity contribution in [2.75, 3.05) is 6.54 Å². The minimum atomic E-state index is -0.374. The number of benzene rings is 1. The van der Waals surface area contributed by atoms with Crippen LogP contribution in [0.3, 0.4) is 0 Å². The van der Waals surface area contributed by atoms with E-state index in [9.17, 15) is 9.59 Å². The second-order valence-corrected chi connectivity index (χ2v) is 4.27. The maximum absolute atomic E-state index is 11.7. The summed E-state index contributed by atoms with van der Waals surface area (Å²) >= 11 is 0. The second-order valence-electron chi connectivity index (χ2n) is 4.27. The number of aryl methyl sites for hydroxylation is 1. The number of carbonyl (C=O) groups excluding carboxylic acids is 2. The lowest BCUT2D eigenvalue weighted by atomic mass is 10.1. The molecule has 1 aliphatic rings. The molecule has 1 aromatic carbocycles. The Bertz CT molecular complexity index is 438. The minimum Gasteiger partial charge on any atom is -0.359 e. The fraction of sp³-hybridized carbons (Fsp3) is 0.385. The van der Waals surface area contributed by atoms with E-state index in [-0.39, 0.29) is 30.4 Å². The summed E-state index contributed by atoms with van der Waals surface area (Å²) in [5.74, 6) is -0.301. The molecule has 0 aliphatic carbocycles. The number of Topliss-reactive ketones (excluding diaryl/α,β-unsaturated/α-hetero) is 1. The van der Waals surface area contributed by atoms with Gasteiger partial charge in [-0.1, -0.05) is 29.8 Å². The molecule has 2 rings (SSSR count). The van der Waals surface area contributed by atoms with Gasteiger partial charge in [-0.05, 0) is 13.8 Å². The Kier molecular flexibility index (Phi) is 3.24. The predicted octanol–water partition coefficient (Wildman–Crippen LogP) is 1.08. The molecule has 1 aliphatic heterocycles. The number of ether oxygens (including phenoxy) is 1. The average molecular weight is 233 g/mol. The fourth-order valence-corrected chi connectivity index (χ4v) is 1.57. The highest BCUT2D eigenvalue weighted by Crippen LogP contribution is 2.20. The van der Waals surface area contributed by atoms with Crippen LogP contribution in [0.2, 0.25) is 0 Å². The number of rotatable bonds is 4. The zero-order chi connectivity index (χ0) is 12.4. The third-order valence-corrected chi connectivity index (χ3v) is 2.77. The first-order chi connectivity index (χ1) is 8.08. The Balaban J connectivity index is 1.85. The Hall–Kier alpha value is -1.68. The first-order valence-corrected chi connectivity index (χ1v) is 5.61. The van der Waals surface area contributed by atoms with Crippen LogP contribution < -0.4 is 5.32 Å². The molecular formula is C13H15NO3. The molecule has 1 N–H and O–H groups in total. The quantitative estimate of drug-likeness (QED) is 0.625. The topological polar surface area (TPSA) is 58.7 Å². The summed E-state index contributed by atoms with van der Waals surface area (Å²) in [6.07, 6.45) is -0.398. The highest BCUT2D eigenvalue weighted by molar-refractivity contribution is 5.99. The van der Waals surface area contributed by atoms with Crippen molar-refractivity contribution in [2.24, 2.45) is 0 Å². The van der Waals surface area contributed by atoms with E-state index in [1.54, 1.807) is 12.1 Å². The molecule has 0 bridgehead atoms. The smallest absolute Gasteiger partial charge is 0.252 e. The van der Waals surface area contributed by atoms with Gasteiger partial charge >= 0.3 is 0 Å².